The van der Waals surface area contributed by atoms with Crippen molar-refractivity contribution >= 4 is 22.8 Å². The smallest absolute Gasteiger partial charge is 0.352 e. The fourth-order valence-corrected chi connectivity index (χ4v) is 1.19. The van der Waals surface area contributed by atoms with Gasteiger partial charge in [-0.15, -0.1) is 0 Å². The lowest BCUT2D eigenvalue weighted by Crippen LogP contribution is -2.04. The summed E-state index contributed by atoms with van der Waals surface area (Å²) in [6, 6.07) is 9.09. The summed E-state index contributed by atoms with van der Waals surface area (Å²) in [4.78, 5) is 22.8. The molecule has 1 amide bonds. The molecular weight excluding hydrogens is 220 g/mol. The van der Waals surface area contributed by atoms with Crippen LogP contribution < -0.4 is 5.73 Å². The molecule has 5 heteroatoms. The fourth-order valence-electron chi connectivity index (χ4n) is 1.19. The Balaban J connectivity index is 0.000000249. The molecule has 2 aromatic rings. The average molecular weight is 232 g/mol. The largest absolute Gasteiger partial charge is 0.477 e. The van der Waals surface area contributed by atoms with E-state index in [1.54, 1.807) is 6.07 Å². The normalized spacial score (nSPS) is 9.18. The molecule has 0 aliphatic carbocycles. The number of benzene rings is 1. The zero-order valence-electron chi connectivity index (χ0n) is 9.01. The van der Waals surface area contributed by atoms with E-state index >= 15 is 0 Å². The van der Waals surface area contributed by atoms with E-state index in [2.05, 4.69) is 17.3 Å². The molecule has 0 aliphatic heterocycles. The molecule has 17 heavy (non-hydrogen) atoms. The van der Waals surface area contributed by atoms with Crippen LogP contribution in [-0.4, -0.2) is 22.0 Å². The maximum absolute atomic E-state index is 10.5. The van der Waals surface area contributed by atoms with Gasteiger partial charge in [0, 0.05) is 10.9 Å². The van der Waals surface area contributed by atoms with Gasteiger partial charge in [-0.3, -0.25) is 4.79 Å². The highest BCUT2D eigenvalue weighted by Crippen LogP contribution is 2.13. The number of rotatable bonds is 2. The SMILES string of the molecule is C=CC(N)=O.O=C(O)c1cc2ccccc2[nH]1. The lowest BCUT2D eigenvalue weighted by Gasteiger charge is -1.84. The van der Waals surface area contributed by atoms with Crippen LogP contribution in [0.4, 0.5) is 0 Å². The molecule has 1 aromatic carbocycles. The second-order valence-corrected chi connectivity index (χ2v) is 3.18. The van der Waals surface area contributed by atoms with Gasteiger partial charge < -0.3 is 15.8 Å². The molecule has 1 heterocycles. The van der Waals surface area contributed by atoms with Crippen LogP contribution in [0.15, 0.2) is 43.0 Å². The van der Waals surface area contributed by atoms with Gasteiger partial charge >= 0.3 is 5.97 Å². The van der Waals surface area contributed by atoms with Crippen LogP contribution in [0.1, 0.15) is 10.5 Å². The van der Waals surface area contributed by atoms with Crippen molar-refractivity contribution in [1.29, 1.82) is 0 Å². The Hall–Kier alpha value is -2.56. The number of carboxylic acid groups (broad SMARTS) is 1. The molecule has 0 bridgehead atoms. The minimum atomic E-state index is -0.925. The molecular formula is C12H12N2O3. The first-order valence-corrected chi connectivity index (χ1v) is 4.77. The maximum Gasteiger partial charge on any atom is 0.352 e. The van der Waals surface area contributed by atoms with Crippen LogP contribution >= 0.6 is 0 Å². The third kappa shape index (κ3) is 3.49. The molecule has 0 unspecified atom stereocenters. The van der Waals surface area contributed by atoms with Crippen molar-refractivity contribution in [2.24, 2.45) is 5.73 Å². The third-order valence-electron chi connectivity index (χ3n) is 1.96. The molecule has 0 atom stereocenters. The predicted molar refractivity (Wildman–Crippen MR) is 64.6 cm³/mol. The summed E-state index contributed by atoms with van der Waals surface area (Å²) in [5.74, 6) is -1.41. The number of aromatic carboxylic acids is 1. The summed E-state index contributed by atoms with van der Waals surface area (Å²) in [5, 5.41) is 9.58. The Bertz CT molecular complexity index is 525. The van der Waals surface area contributed by atoms with Crippen molar-refractivity contribution in [1.82, 2.24) is 4.98 Å². The Kier molecular flexibility index (Phi) is 4.05. The van der Waals surface area contributed by atoms with Crippen LogP contribution in [0.25, 0.3) is 10.9 Å². The molecule has 0 saturated carbocycles. The van der Waals surface area contributed by atoms with Crippen molar-refractivity contribution < 1.29 is 14.7 Å². The standard InChI is InChI=1S/C9H7NO2.C3H5NO/c11-9(12)8-5-6-3-1-2-4-7(6)10-8;1-2-3(4)5/h1-5,10H,(H,11,12);2H,1H2,(H2,4,5). The Morgan fingerprint density at radius 1 is 1.35 bits per heavy atom. The van der Waals surface area contributed by atoms with Crippen molar-refractivity contribution in [2.75, 3.05) is 0 Å². The number of nitrogens with one attached hydrogen (secondary N) is 1. The van der Waals surface area contributed by atoms with Gasteiger partial charge in [-0.1, -0.05) is 24.8 Å². The number of carboxylic acids is 1. The van der Waals surface area contributed by atoms with Crippen molar-refractivity contribution in [3.05, 3.63) is 48.7 Å². The van der Waals surface area contributed by atoms with Crippen LogP contribution in [0.2, 0.25) is 0 Å². The molecule has 5 nitrogen and oxygen atoms in total. The Labute approximate surface area is 97.6 Å². The molecule has 4 N–H and O–H groups in total. The first kappa shape index (κ1) is 12.5. The van der Waals surface area contributed by atoms with Crippen molar-refractivity contribution in [2.45, 2.75) is 0 Å². The van der Waals surface area contributed by atoms with E-state index in [1.165, 1.54) is 0 Å². The number of amides is 1. The number of aromatic nitrogens is 1. The van der Waals surface area contributed by atoms with Gasteiger partial charge in [0.25, 0.3) is 0 Å². The van der Waals surface area contributed by atoms with Gasteiger partial charge in [-0.2, -0.15) is 0 Å². The highest BCUT2D eigenvalue weighted by atomic mass is 16.4. The zero-order valence-corrected chi connectivity index (χ0v) is 9.01. The fraction of sp³-hybridized carbons (Fsp3) is 0. The second-order valence-electron chi connectivity index (χ2n) is 3.18. The van der Waals surface area contributed by atoms with Crippen LogP contribution in [0.3, 0.4) is 0 Å². The summed E-state index contributed by atoms with van der Waals surface area (Å²) in [6.45, 7) is 3.09. The maximum atomic E-state index is 10.5. The summed E-state index contributed by atoms with van der Waals surface area (Å²) < 4.78 is 0. The van der Waals surface area contributed by atoms with E-state index in [-0.39, 0.29) is 5.69 Å². The highest BCUT2D eigenvalue weighted by molar-refractivity contribution is 5.93. The number of nitrogens with two attached hydrogens (primary N) is 1. The number of carbonyl (C=O) groups is 2. The van der Waals surface area contributed by atoms with Crippen LogP contribution in [0.5, 0.6) is 0 Å². The van der Waals surface area contributed by atoms with Gasteiger partial charge in [-0.25, -0.2) is 4.79 Å². The van der Waals surface area contributed by atoms with Crippen LogP contribution in [-0.2, 0) is 4.79 Å². The number of H-pyrrole nitrogens is 1. The quantitative estimate of drug-likeness (QED) is 0.685. The highest BCUT2D eigenvalue weighted by Gasteiger charge is 2.05. The topological polar surface area (TPSA) is 96.2 Å². The minimum Gasteiger partial charge on any atom is -0.477 e. The summed E-state index contributed by atoms with van der Waals surface area (Å²) in [5.41, 5.74) is 5.62. The van der Waals surface area contributed by atoms with Gasteiger partial charge in [0.2, 0.25) is 5.91 Å². The molecule has 0 aliphatic rings. The van der Waals surface area contributed by atoms with Crippen molar-refractivity contribution in [3.63, 3.8) is 0 Å². The monoisotopic (exact) mass is 232 g/mol. The Morgan fingerprint density at radius 2 is 1.94 bits per heavy atom. The lowest BCUT2D eigenvalue weighted by atomic mass is 10.2. The molecule has 88 valence electrons. The van der Waals surface area contributed by atoms with Gasteiger partial charge in [0.05, 0.1) is 0 Å². The first-order valence-electron chi connectivity index (χ1n) is 4.77. The van der Waals surface area contributed by atoms with E-state index < -0.39 is 11.9 Å². The third-order valence-corrected chi connectivity index (χ3v) is 1.96. The number of para-hydroxylation sites is 1. The summed E-state index contributed by atoms with van der Waals surface area (Å²) >= 11 is 0. The van der Waals surface area contributed by atoms with Crippen LogP contribution in [0, 0.1) is 0 Å². The first-order chi connectivity index (χ1) is 8.04. The lowest BCUT2D eigenvalue weighted by molar-refractivity contribution is -0.113. The Morgan fingerprint density at radius 3 is 2.41 bits per heavy atom. The van der Waals surface area contributed by atoms with E-state index in [4.69, 9.17) is 5.11 Å². The molecule has 0 saturated heterocycles. The summed E-state index contributed by atoms with van der Waals surface area (Å²) in [7, 11) is 0. The van der Waals surface area contributed by atoms with E-state index in [1.807, 2.05) is 24.3 Å². The van der Waals surface area contributed by atoms with Gasteiger partial charge in [0.1, 0.15) is 5.69 Å². The number of aromatic amines is 1. The second kappa shape index (κ2) is 5.50. The number of hydrogen-bond donors (Lipinski definition) is 3. The number of carbonyl (C=O) groups excluding carboxylic acids is 1. The number of fused-ring (bicyclic) bond motifs is 1. The summed E-state index contributed by atoms with van der Waals surface area (Å²) in [6.07, 6.45) is 1.06. The molecule has 0 spiro atoms. The molecule has 0 fully saturated rings. The zero-order chi connectivity index (χ0) is 12.8. The van der Waals surface area contributed by atoms with Gasteiger partial charge in [0.15, 0.2) is 0 Å². The number of primary amides is 1. The molecule has 2 rings (SSSR count). The predicted octanol–water partition coefficient (Wildman–Crippen LogP) is 1.52. The van der Waals surface area contributed by atoms with Crippen molar-refractivity contribution in [3.8, 4) is 0 Å². The minimum absolute atomic E-state index is 0.233. The van der Waals surface area contributed by atoms with E-state index in [9.17, 15) is 9.59 Å². The van der Waals surface area contributed by atoms with E-state index in [0.717, 1.165) is 17.0 Å². The number of hydrogen-bond acceptors (Lipinski definition) is 2. The average Bonchev–Trinajstić information content (AvgIpc) is 2.73. The molecule has 0 radical (unpaired) electrons. The molecule has 1 aromatic heterocycles. The van der Waals surface area contributed by atoms with Gasteiger partial charge in [-0.05, 0) is 18.2 Å². The van der Waals surface area contributed by atoms with E-state index in [0.29, 0.717) is 0 Å².